The van der Waals surface area contributed by atoms with Crippen molar-refractivity contribution in [3.05, 3.63) is 29.0 Å². The van der Waals surface area contributed by atoms with Crippen LogP contribution in [0.3, 0.4) is 0 Å². The molecule has 3 aromatic heterocycles. The Morgan fingerprint density at radius 1 is 1.29 bits per heavy atom. The van der Waals surface area contributed by atoms with E-state index < -0.39 is 0 Å². The van der Waals surface area contributed by atoms with E-state index in [4.69, 9.17) is 0 Å². The number of aryl methyl sites for hydroxylation is 1. The van der Waals surface area contributed by atoms with Gasteiger partial charge in [0.25, 0.3) is 0 Å². The van der Waals surface area contributed by atoms with Gasteiger partial charge in [-0.1, -0.05) is 0 Å². The summed E-state index contributed by atoms with van der Waals surface area (Å²) in [6, 6.07) is -0.146. The third-order valence-electron chi connectivity index (χ3n) is 2.82. The third kappa shape index (κ3) is 1.41. The van der Waals surface area contributed by atoms with Gasteiger partial charge in [-0.2, -0.15) is 14.6 Å². The van der Waals surface area contributed by atoms with Crippen LogP contribution in [0.2, 0.25) is 0 Å². The van der Waals surface area contributed by atoms with Crippen molar-refractivity contribution >= 4 is 17.0 Å². The van der Waals surface area contributed by atoms with Gasteiger partial charge >= 0.3 is 6.01 Å². The van der Waals surface area contributed by atoms with E-state index in [-0.39, 0.29) is 6.01 Å². The number of aromatic hydroxyl groups is 1. The standard InChI is InChI=1S/C11H10N4OS/c1-6-4-17-9(7(6)2)8-3-14-15-10(8)12-5-13-11(15)16/h3-5H,1-2H3,(H,12,13,16). The minimum absolute atomic E-state index is 0.146. The van der Waals surface area contributed by atoms with Crippen molar-refractivity contribution in [3.8, 4) is 16.5 Å². The number of fused-ring (bicyclic) bond motifs is 1. The van der Waals surface area contributed by atoms with Gasteiger partial charge in [0.05, 0.1) is 11.8 Å². The Bertz CT molecular complexity index is 701. The lowest BCUT2D eigenvalue weighted by Crippen LogP contribution is -1.93. The lowest BCUT2D eigenvalue weighted by Gasteiger charge is -1.98. The Morgan fingerprint density at radius 3 is 2.82 bits per heavy atom. The Balaban J connectivity index is 2.32. The van der Waals surface area contributed by atoms with E-state index in [2.05, 4.69) is 34.3 Å². The van der Waals surface area contributed by atoms with Crippen LogP contribution in [-0.4, -0.2) is 24.7 Å². The van der Waals surface area contributed by atoms with E-state index in [1.54, 1.807) is 17.5 Å². The van der Waals surface area contributed by atoms with Crippen LogP contribution in [0.1, 0.15) is 11.1 Å². The molecule has 0 unspecified atom stereocenters. The smallest absolute Gasteiger partial charge is 0.318 e. The van der Waals surface area contributed by atoms with E-state index in [0.717, 1.165) is 10.4 Å². The summed E-state index contributed by atoms with van der Waals surface area (Å²) in [7, 11) is 0. The van der Waals surface area contributed by atoms with Crippen LogP contribution in [0.4, 0.5) is 0 Å². The van der Waals surface area contributed by atoms with Crippen LogP contribution in [0.25, 0.3) is 16.1 Å². The Kier molecular flexibility index (Phi) is 2.12. The Morgan fingerprint density at radius 2 is 2.12 bits per heavy atom. The zero-order chi connectivity index (χ0) is 12.0. The van der Waals surface area contributed by atoms with Crippen LogP contribution in [0.5, 0.6) is 6.01 Å². The molecule has 5 nitrogen and oxygen atoms in total. The van der Waals surface area contributed by atoms with Crippen LogP contribution in [0.15, 0.2) is 17.9 Å². The highest BCUT2D eigenvalue weighted by Gasteiger charge is 2.14. The number of aromatic nitrogens is 4. The molecule has 0 amide bonds. The first-order valence-electron chi connectivity index (χ1n) is 5.11. The normalized spacial score (nSPS) is 11.2. The average Bonchev–Trinajstić information content (AvgIpc) is 2.86. The molecule has 0 spiro atoms. The van der Waals surface area contributed by atoms with Gasteiger partial charge in [0.2, 0.25) is 0 Å². The fraction of sp³-hybridized carbons (Fsp3) is 0.182. The minimum Gasteiger partial charge on any atom is -0.479 e. The van der Waals surface area contributed by atoms with Crippen molar-refractivity contribution in [1.29, 1.82) is 0 Å². The summed E-state index contributed by atoms with van der Waals surface area (Å²) in [4.78, 5) is 8.99. The highest BCUT2D eigenvalue weighted by Crippen LogP contribution is 2.34. The number of rotatable bonds is 1. The van der Waals surface area contributed by atoms with E-state index in [1.807, 2.05) is 0 Å². The first-order valence-corrected chi connectivity index (χ1v) is 5.99. The molecule has 0 bridgehead atoms. The Labute approximate surface area is 101 Å². The minimum atomic E-state index is -0.146. The zero-order valence-corrected chi connectivity index (χ0v) is 10.2. The molecule has 3 heterocycles. The van der Waals surface area contributed by atoms with Crippen LogP contribution in [-0.2, 0) is 0 Å². The van der Waals surface area contributed by atoms with Gasteiger partial charge in [0.15, 0.2) is 5.65 Å². The van der Waals surface area contributed by atoms with Crippen LogP contribution >= 0.6 is 11.3 Å². The number of nitrogens with zero attached hydrogens (tertiary/aromatic N) is 4. The van der Waals surface area contributed by atoms with E-state index in [9.17, 15) is 5.11 Å². The number of hydrogen-bond acceptors (Lipinski definition) is 5. The van der Waals surface area contributed by atoms with Gasteiger partial charge in [-0.3, -0.25) is 0 Å². The van der Waals surface area contributed by atoms with Crippen molar-refractivity contribution in [2.45, 2.75) is 13.8 Å². The monoisotopic (exact) mass is 246 g/mol. The predicted octanol–water partition coefficient (Wildman–Crippen LogP) is 2.18. The summed E-state index contributed by atoms with van der Waals surface area (Å²) in [5.41, 5.74) is 4.03. The van der Waals surface area contributed by atoms with Gasteiger partial charge < -0.3 is 5.11 Å². The maximum absolute atomic E-state index is 9.56. The predicted molar refractivity (Wildman–Crippen MR) is 65.2 cm³/mol. The highest BCUT2D eigenvalue weighted by molar-refractivity contribution is 7.14. The highest BCUT2D eigenvalue weighted by atomic mass is 32.1. The van der Waals surface area contributed by atoms with Gasteiger partial charge in [0, 0.05) is 4.88 Å². The molecular formula is C11H10N4OS. The summed E-state index contributed by atoms with van der Waals surface area (Å²) in [6.07, 6.45) is 3.05. The first kappa shape index (κ1) is 10.2. The molecule has 0 aliphatic rings. The average molecular weight is 246 g/mol. The van der Waals surface area contributed by atoms with Crippen molar-refractivity contribution in [2.24, 2.45) is 0 Å². The van der Waals surface area contributed by atoms with E-state index >= 15 is 0 Å². The van der Waals surface area contributed by atoms with Gasteiger partial charge in [-0.05, 0) is 30.4 Å². The van der Waals surface area contributed by atoms with E-state index in [0.29, 0.717) is 5.65 Å². The summed E-state index contributed by atoms with van der Waals surface area (Å²) in [6.45, 7) is 4.15. The third-order valence-corrected chi connectivity index (χ3v) is 4.05. The molecular weight excluding hydrogens is 236 g/mol. The summed E-state index contributed by atoms with van der Waals surface area (Å²) >= 11 is 1.66. The maximum Gasteiger partial charge on any atom is 0.318 e. The molecule has 0 saturated heterocycles. The molecule has 1 N–H and O–H groups in total. The van der Waals surface area contributed by atoms with Crippen molar-refractivity contribution in [2.75, 3.05) is 0 Å². The van der Waals surface area contributed by atoms with Crippen LogP contribution in [0, 0.1) is 13.8 Å². The first-order chi connectivity index (χ1) is 8.18. The summed E-state index contributed by atoms with van der Waals surface area (Å²) in [5.74, 6) is 0. The summed E-state index contributed by atoms with van der Waals surface area (Å²) in [5, 5.41) is 15.8. The molecule has 0 saturated carbocycles. The van der Waals surface area contributed by atoms with Crippen LogP contribution < -0.4 is 0 Å². The zero-order valence-electron chi connectivity index (χ0n) is 9.38. The van der Waals surface area contributed by atoms with Crippen molar-refractivity contribution < 1.29 is 5.11 Å². The lowest BCUT2D eigenvalue weighted by molar-refractivity contribution is 0.411. The van der Waals surface area contributed by atoms with Gasteiger partial charge in [-0.15, -0.1) is 11.3 Å². The molecule has 0 atom stereocenters. The molecule has 17 heavy (non-hydrogen) atoms. The molecule has 6 heteroatoms. The van der Waals surface area contributed by atoms with Gasteiger partial charge in [0.1, 0.15) is 6.33 Å². The van der Waals surface area contributed by atoms with Crippen molar-refractivity contribution in [3.63, 3.8) is 0 Å². The molecule has 3 rings (SSSR count). The van der Waals surface area contributed by atoms with Gasteiger partial charge in [-0.25, -0.2) is 4.98 Å². The fourth-order valence-electron chi connectivity index (χ4n) is 1.73. The molecule has 0 radical (unpaired) electrons. The molecule has 86 valence electrons. The maximum atomic E-state index is 9.56. The number of thiophene rings is 1. The van der Waals surface area contributed by atoms with Crippen molar-refractivity contribution in [1.82, 2.24) is 19.6 Å². The topological polar surface area (TPSA) is 63.3 Å². The largest absolute Gasteiger partial charge is 0.479 e. The molecule has 0 aliphatic carbocycles. The second kappa shape index (κ2) is 3.53. The fourth-order valence-corrected chi connectivity index (χ4v) is 2.81. The quantitative estimate of drug-likeness (QED) is 0.714. The lowest BCUT2D eigenvalue weighted by atomic mass is 10.1. The SMILES string of the molecule is Cc1csc(-c2cnn3c(O)ncnc23)c1C. The second-order valence-corrected chi connectivity index (χ2v) is 4.72. The number of hydrogen-bond donors (Lipinski definition) is 1. The summed E-state index contributed by atoms with van der Waals surface area (Å²) < 4.78 is 1.34. The molecule has 0 fully saturated rings. The molecule has 0 aliphatic heterocycles. The molecule has 0 aromatic carbocycles. The Hall–Kier alpha value is -1.95. The molecule has 3 aromatic rings. The van der Waals surface area contributed by atoms with E-state index in [1.165, 1.54) is 22.0 Å². The second-order valence-electron chi connectivity index (χ2n) is 3.84.